The van der Waals surface area contributed by atoms with E-state index in [9.17, 15) is 9.50 Å². The van der Waals surface area contributed by atoms with Crippen molar-refractivity contribution in [2.75, 3.05) is 6.54 Å². The van der Waals surface area contributed by atoms with Crippen LogP contribution in [0.15, 0.2) is 22.7 Å². The van der Waals surface area contributed by atoms with Crippen molar-refractivity contribution in [2.24, 2.45) is 0 Å². The Morgan fingerprint density at radius 1 is 1.47 bits per heavy atom. The lowest BCUT2D eigenvalue weighted by Gasteiger charge is -2.01. The molecule has 1 unspecified atom stereocenters. The number of aliphatic hydroxyl groups is 1. The number of aryl methyl sites for hydroxylation is 1. The number of rotatable bonds is 2. The molecule has 0 saturated carbocycles. The van der Waals surface area contributed by atoms with Crippen molar-refractivity contribution in [1.82, 2.24) is 15.5 Å². The van der Waals surface area contributed by atoms with Crippen LogP contribution in [0.4, 0.5) is 4.39 Å². The zero-order chi connectivity index (χ0) is 13.4. The van der Waals surface area contributed by atoms with Crippen LogP contribution in [-0.4, -0.2) is 27.9 Å². The number of nitrogens with zero attached hydrogens (tertiary/aromatic N) is 2. The highest BCUT2D eigenvalue weighted by Crippen LogP contribution is 2.25. The molecular weight excluding hydrogens is 249 g/mol. The standard InChI is InChI=1S/C13H14FN3O2/c1-7-2-3-8(4-10(7)14)12-16-13(19-17-12)11-5-9(18)6-15-11/h2-4,9,11,15,18H,5-6H2,1H3/t9?,11-/m0/s1. The number of nitrogens with one attached hydrogen (secondary N) is 1. The maximum absolute atomic E-state index is 13.5. The van der Waals surface area contributed by atoms with Gasteiger partial charge in [-0.15, -0.1) is 0 Å². The first-order chi connectivity index (χ1) is 9.13. The number of benzene rings is 1. The SMILES string of the molecule is Cc1ccc(-c2noc([C@@H]3CC(O)CN3)n2)cc1F. The second-order valence-electron chi connectivity index (χ2n) is 4.77. The van der Waals surface area contributed by atoms with Crippen molar-refractivity contribution in [1.29, 1.82) is 0 Å². The Bertz CT molecular complexity index is 599. The topological polar surface area (TPSA) is 71.2 Å². The van der Waals surface area contributed by atoms with Crippen LogP contribution < -0.4 is 5.32 Å². The molecule has 1 aromatic heterocycles. The molecule has 2 N–H and O–H groups in total. The van der Waals surface area contributed by atoms with Gasteiger partial charge < -0.3 is 14.9 Å². The van der Waals surface area contributed by atoms with Crippen LogP contribution in [0.2, 0.25) is 0 Å². The lowest BCUT2D eigenvalue weighted by Crippen LogP contribution is -2.15. The van der Waals surface area contributed by atoms with Gasteiger partial charge >= 0.3 is 0 Å². The number of hydrogen-bond donors (Lipinski definition) is 2. The van der Waals surface area contributed by atoms with E-state index < -0.39 is 6.10 Å². The van der Waals surface area contributed by atoms with Gasteiger partial charge in [-0.3, -0.25) is 0 Å². The third-order valence-corrected chi connectivity index (χ3v) is 3.28. The van der Waals surface area contributed by atoms with E-state index in [1.54, 1.807) is 19.1 Å². The van der Waals surface area contributed by atoms with Gasteiger partial charge in [0.25, 0.3) is 0 Å². The van der Waals surface area contributed by atoms with E-state index >= 15 is 0 Å². The Balaban J connectivity index is 1.86. The predicted molar refractivity (Wildman–Crippen MR) is 65.8 cm³/mol. The third kappa shape index (κ3) is 2.36. The summed E-state index contributed by atoms with van der Waals surface area (Å²) in [6, 6.07) is 4.69. The zero-order valence-corrected chi connectivity index (χ0v) is 10.4. The van der Waals surface area contributed by atoms with Gasteiger partial charge in [0.2, 0.25) is 11.7 Å². The van der Waals surface area contributed by atoms with Crippen molar-refractivity contribution in [2.45, 2.75) is 25.5 Å². The summed E-state index contributed by atoms with van der Waals surface area (Å²) in [5.41, 5.74) is 1.16. The molecule has 3 rings (SSSR count). The highest BCUT2D eigenvalue weighted by molar-refractivity contribution is 5.55. The first-order valence-electron chi connectivity index (χ1n) is 6.15. The second kappa shape index (κ2) is 4.71. The molecule has 19 heavy (non-hydrogen) atoms. The Morgan fingerprint density at radius 3 is 3.00 bits per heavy atom. The molecular formula is C13H14FN3O2. The van der Waals surface area contributed by atoms with Gasteiger partial charge in [0.05, 0.1) is 12.1 Å². The Labute approximate surface area is 109 Å². The molecule has 6 heteroatoms. The quantitative estimate of drug-likeness (QED) is 0.860. The highest BCUT2D eigenvalue weighted by Gasteiger charge is 2.28. The zero-order valence-electron chi connectivity index (χ0n) is 10.4. The number of aliphatic hydroxyl groups excluding tert-OH is 1. The lowest BCUT2D eigenvalue weighted by atomic mass is 10.1. The molecule has 100 valence electrons. The summed E-state index contributed by atoms with van der Waals surface area (Å²) in [6.45, 7) is 2.21. The molecule has 0 spiro atoms. The first kappa shape index (κ1) is 12.3. The maximum Gasteiger partial charge on any atom is 0.244 e. The first-order valence-corrected chi connectivity index (χ1v) is 6.15. The summed E-state index contributed by atoms with van der Waals surface area (Å²) in [5.74, 6) is 0.489. The van der Waals surface area contributed by atoms with E-state index in [-0.39, 0.29) is 11.9 Å². The Kier molecular flexibility index (Phi) is 3.04. The number of hydrogen-bond acceptors (Lipinski definition) is 5. The van der Waals surface area contributed by atoms with E-state index in [4.69, 9.17) is 4.52 Å². The fourth-order valence-corrected chi connectivity index (χ4v) is 2.13. The molecule has 0 radical (unpaired) electrons. The van der Waals surface area contributed by atoms with Crippen LogP contribution >= 0.6 is 0 Å². The number of β-amino-alcohol motifs (C(OH)–C–C–N with tert-alkyl or cyclic N) is 1. The fraction of sp³-hybridized carbons (Fsp3) is 0.385. The molecule has 0 amide bonds. The van der Waals surface area contributed by atoms with Gasteiger partial charge in [-0.25, -0.2) is 4.39 Å². The summed E-state index contributed by atoms with van der Waals surface area (Å²) in [7, 11) is 0. The van der Waals surface area contributed by atoms with E-state index in [2.05, 4.69) is 15.5 Å². The van der Waals surface area contributed by atoms with Crippen LogP contribution in [0.25, 0.3) is 11.4 Å². The monoisotopic (exact) mass is 263 g/mol. The summed E-state index contributed by atoms with van der Waals surface area (Å²) >= 11 is 0. The molecule has 5 nitrogen and oxygen atoms in total. The van der Waals surface area contributed by atoms with E-state index in [0.717, 1.165) is 0 Å². The minimum absolute atomic E-state index is 0.133. The summed E-state index contributed by atoms with van der Waals surface area (Å²) in [5, 5.41) is 16.4. The normalized spacial score (nSPS) is 22.9. The third-order valence-electron chi connectivity index (χ3n) is 3.28. The van der Waals surface area contributed by atoms with Crippen LogP contribution in [0.1, 0.15) is 23.9 Å². The molecule has 2 aromatic rings. The average molecular weight is 263 g/mol. The Hall–Kier alpha value is -1.79. The molecule has 1 aliphatic rings. The van der Waals surface area contributed by atoms with Crippen molar-refractivity contribution < 1.29 is 14.0 Å². The highest BCUT2D eigenvalue weighted by atomic mass is 19.1. The van der Waals surface area contributed by atoms with Crippen LogP contribution in [0, 0.1) is 12.7 Å². The second-order valence-corrected chi connectivity index (χ2v) is 4.77. The van der Waals surface area contributed by atoms with Gasteiger partial charge in [0, 0.05) is 12.1 Å². The lowest BCUT2D eigenvalue weighted by molar-refractivity contribution is 0.191. The molecule has 1 saturated heterocycles. The molecule has 2 heterocycles. The van der Waals surface area contributed by atoms with Gasteiger partial charge in [-0.2, -0.15) is 4.98 Å². The van der Waals surface area contributed by atoms with E-state index in [1.165, 1.54) is 6.07 Å². The van der Waals surface area contributed by atoms with Crippen molar-refractivity contribution in [3.05, 3.63) is 35.5 Å². The van der Waals surface area contributed by atoms with Crippen LogP contribution in [-0.2, 0) is 0 Å². The van der Waals surface area contributed by atoms with Crippen LogP contribution in [0.3, 0.4) is 0 Å². The maximum atomic E-state index is 13.5. The van der Waals surface area contributed by atoms with Gasteiger partial charge in [-0.05, 0) is 25.0 Å². The molecule has 1 fully saturated rings. The number of aromatic nitrogens is 2. The summed E-state index contributed by atoms with van der Waals surface area (Å²) in [6.07, 6.45) is 0.154. The smallest absolute Gasteiger partial charge is 0.244 e. The van der Waals surface area contributed by atoms with Gasteiger partial charge in [-0.1, -0.05) is 17.3 Å². The molecule has 0 aliphatic carbocycles. The minimum Gasteiger partial charge on any atom is -0.392 e. The minimum atomic E-state index is -0.392. The van der Waals surface area contributed by atoms with Crippen molar-refractivity contribution in [3.8, 4) is 11.4 Å². The number of halogens is 1. The fourth-order valence-electron chi connectivity index (χ4n) is 2.13. The van der Waals surface area contributed by atoms with Gasteiger partial charge in [0.15, 0.2) is 0 Å². The summed E-state index contributed by atoms with van der Waals surface area (Å²) < 4.78 is 18.7. The Morgan fingerprint density at radius 2 is 2.32 bits per heavy atom. The van der Waals surface area contributed by atoms with Crippen molar-refractivity contribution in [3.63, 3.8) is 0 Å². The summed E-state index contributed by atoms with van der Waals surface area (Å²) in [4.78, 5) is 4.25. The molecule has 1 aromatic carbocycles. The molecule has 1 aliphatic heterocycles. The predicted octanol–water partition coefficient (Wildman–Crippen LogP) is 1.58. The van der Waals surface area contributed by atoms with Crippen LogP contribution in [0.5, 0.6) is 0 Å². The van der Waals surface area contributed by atoms with E-state index in [1.807, 2.05) is 0 Å². The average Bonchev–Trinajstić information content (AvgIpc) is 3.01. The van der Waals surface area contributed by atoms with Gasteiger partial charge in [0.1, 0.15) is 5.82 Å². The molecule has 2 atom stereocenters. The molecule has 0 bridgehead atoms. The van der Waals surface area contributed by atoms with Crippen molar-refractivity contribution >= 4 is 0 Å². The van der Waals surface area contributed by atoms with E-state index in [0.29, 0.717) is 35.8 Å². The largest absolute Gasteiger partial charge is 0.392 e.